The summed E-state index contributed by atoms with van der Waals surface area (Å²) >= 11 is 5.19. The first kappa shape index (κ1) is 26.9. The van der Waals surface area contributed by atoms with Gasteiger partial charge in [0.25, 0.3) is 0 Å². The molecule has 0 aliphatic carbocycles. The molecular weight excluding hydrogens is 476 g/mol. The molecule has 5 heteroatoms. The van der Waals surface area contributed by atoms with Gasteiger partial charge in [-0.3, -0.25) is 4.98 Å². The van der Waals surface area contributed by atoms with Gasteiger partial charge in [-0.1, -0.05) is 33.4 Å². The second kappa shape index (κ2) is 11.1. The molecule has 5 heterocycles. The lowest BCUT2D eigenvalue weighted by molar-refractivity contribution is 0.793. The van der Waals surface area contributed by atoms with Gasteiger partial charge in [-0.15, -0.1) is 11.6 Å². The number of aromatic nitrogens is 4. The van der Waals surface area contributed by atoms with Crippen molar-refractivity contribution in [3.63, 3.8) is 0 Å². The molecule has 2 aliphatic rings. The molecule has 1 atom stereocenters. The summed E-state index contributed by atoms with van der Waals surface area (Å²) in [5.74, 6) is 1.16. The highest BCUT2D eigenvalue weighted by Crippen LogP contribution is 2.31. The third-order valence-corrected chi connectivity index (χ3v) is 7.89. The molecule has 4 nitrogen and oxygen atoms in total. The lowest BCUT2D eigenvalue weighted by Crippen LogP contribution is -1.91. The van der Waals surface area contributed by atoms with Crippen LogP contribution in [-0.4, -0.2) is 25.8 Å². The van der Waals surface area contributed by atoms with E-state index in [0.717, 1.165) is 75.5 Å². The van der Waals surface area contributed by atoms with Gasteiger partial charge in [-0.25, -0.2) is 4.98 Å². The number of aryl methyl sites for hydroxylation is 3. The first-order valence-electron chi connectivity index (χ1n) is 13.3. The monoisotopic (exact) mass is 514 g/mol. The standard InChI is InChI=1S/C29H32N4.C3H7Cl/c1-8-20-18(6)27-14-29-21(9-2)17(5)26(32-29)12-22-15(3)10-24(30-22)19(7)25-11-16(4)23(31-25)13-28(20)33-27;1-2-3-4/h9,11-15,32-33H,2,8,10H2,1,3-7H3;2-3H2,1H3. The van der Waals surface area contributed by atoms with Gasteiger partial charge in [0.2, 0.25) is 0 Å². The quantitative estimate of drug-likeness (QED) is 0.342. The van der Waals surface area contributed by atoms with E-state index in [1.54, 1.807) is 0 Å². The average molecular weight is 515 g/mol. The zero-order valence-electron chi connectivity index (χ0n) is 23.3. The fraction of sp³-hybridized carbons (Fsp3) is 0.375. The topological polar surface area (TPSA) is 57.4 Å². The summed E-state index contributed by atoms with van der Waals surface area (Å²) in [5, 5.41) is 0. The largest absolute Gasteiger partial charge is 0.355 e. The summed E-state index contributed by atoms with van der Waals surface area (Å²) in [6, 6.07) is 6.63. The van der Waals surface area contributed by atoms with E-state index in [0.29, 0.717) is 5.92 Å². The number of hydrogen-bond donors (Lipinski definition) is 2. The molecule has 37 heavy (non-hydrogen) atoms. The van der Waals surface area contributed by atoms with Crippen LogP contribution >= 0.6 is 11.6 Å². The first-order valence-corrected chi connectivity index (χ1v) is 13.8. The van der Waals surface area contributed by atoms with E-state index in [9.17, 15) is 0 Å². The summed E-state index contributed by atoms with van der Waals surface area (Å²) < 4.78 is 0. The zero-order chi connectivity index (χ0) is 26.9. The molecule has 2 N–H and O–H groups in total. The Balaban J connectivity index is 0.000000747. The Morgan fingerprint density at radius 2 is 1.62 bits per heavy atom. The zero-order valence-corrected chi connectivity index (χ0v) is 24.0. The van der Waals surface area contributed by atoms with E-state index in [2.05, 4.69) is 82.4 Å². The number of alkyl halides is 1. The normalized spacial score (nSPS) is 14.7. The summed E-state index contributed by atoms with van der Waals surface area (Å²) in [6.07, 6.45) is 7.13. The highest BCUT2D eigenvalue weighted by Gasteiger charge is 2.20. The number of hydrogen-bond acceptors (Lipinski definition) is 2. The van der Waals surface area contributed by atoms with Crippen LogP contribution in [0.25, 0.3) is 39.8 Å². The van der Waals surface area contributed by atoms with E-state index in [4.69, 9.17) is 21.6 Å². The van der Waals surface area contributed by atoms with Crippen LogP contribution in [0, 0.1) is 20.8 Å². The molecule has 5 rings (SSSR count). The summed E-state index contributed by atoms with van der Waals surface area (Å²) in [6.45, 7) is 19.2. The van der Waals surface area contributed by atoms with Crippen molar-refractivity contribution in [2.45, 2.75) is 73.6 Å². The lowest BCUT2D eigenvalue weighted by Gasteiger charge is -2.00. The third-order valence-electron chi connectivity index (χ3n) is 7.51. The Kier molecular flexibility index (Phi) is 8.08. The van der Waals surface area contributed by atoms with Gasteiger partial charge in [0.15, 0.2) is 0 Å². The molecule has 3 aromatic rings. The lowest BCUT2D eigenvalue weighted by atomic mass is 10.0. The Hall–Kier alpha value is -3.11. The molecule has 0 saturated carbocycles. The van der Waals surface area contributed by atoms with Gasteiger partial charge in [-0.05, 0) is 99.1 Å². The number of aromatic amines is 2. The Bertz CT molecular complexity index is 1530. The molecule has 0 saturated heterocycles. The highest BCUT2D eigenvalue weighted by molar-refractivity contribution is 6.17. The number of H-pyrrole nitrogens is 2. The third kappa shape index (κ3) is 5.17. The van der Waals surface area contributed by atoms with Crippen LogP contribution in [-0.2, 0) is 12.8 Å². The maximum absolute atomic E-state index is 5.19. The van der Waals surface area contributed by atoms with Crippen molar-refractivity contribution in [3.05, 3.63) is 75.4 Å². The SMILES string of the molecule is C=Cc1c(C)c2cc3nc(c(C)c4nc(cc5[nH]c(cc1[nH]2)c(C)c5CC)C(C)=C4)CC3C.CCCCl. The Labute approximate surface area is 225 Å². The van der Waals surface area contributed by atoms with Crippen LogP contribution in [0.3, 0.4) is 0 Å². The van der Waals surface area contributed by atoms with Crippen molar-refractivity contribution >= 4 is 51.4 Å². The van der Waals surface area contributed by atoms with Crippen molar-refractivity contribution in [1.29, 1.82) is 0 Å². The maximum Gasteiger partial charge on any atom is 0.0687 e. The van der Waals surface area contributed by atoms with Crippen LogP contribution in [0.15, 0.2) is 24.8 Å². The van der Waals surface area contributed by atoms with Gasteiger partial charge in [0.05, 0.1) is 11.4 Å². The van der Waals surface area contributed by atoms with Crippen molar-refractivity contribution in [2.75, 3.05) is 5.88 Å². The molecule has 1 unspecified atom stereocenters. The molecule has 8 bridgehead atoms. The molecule has 3 aromatic heterocycles. The number of rotatable bonds is 3. The van der Waals surface area contributed by atoms with Crippen molar-refractivity contribution in [1.82, 2.24) is 19.9 Å². The average Bonchev–Trinajstić information content (AvgIpc) is 3.59. The minimum absolute atomic E-state index is 0.370. The maximum atomic E-state index is 5.19. The van der Waals surface area contributed by atoms with Crippen molar-refractivity contribution in [2.24, 2.45) is 0 Å². The summed E-state index contributed by atoms with van der Waals surface area (Å²) in [7, 11) is 0. The number of allylic oxidation sites excluding steroid dienone is 1. The van der Waals surface area contributed by atoms with Gasteiger partial charge in [0.1, 0.15) is 0 Å². The van der Waals surface area contributed by atoms with Crippen LogP contribution in [0.2, 0.25) is 0 Å². The van der Waals surface area contributed by atoms with Crippen LogP contribution < -0.4 is 0 Å². The Morgan fingerprint density at radius 1 is 0.946 bits per heavy atom. The van der Waals surface area contributed by atoms with E-state index in [1.165, 1.54) is 27.8 Å². The summed E-state index contributed by atoms with van der Waals surface area (Å²) in [5.41, 5.74) is 16.0. The number of nitrogens with one attached hydrogen (secondary N) is 2. The first-order chi connectivity index (χ1) is 17.7. The fourth-order valence-electron chi connectivity index (χ4n) is 5.14. The van der Waals surface area contributed by atoms with E-state index < -0.39 is 0 Å². The molecule has 0 aromatic carbocycles. The second-order valence-electron chi connectivity index (χ2n) is 10.1. The minimum atomic E-state index is 0.370. The van der Waals surface area contributed by atoms with Gasteiger partial charge >= 0.3 is 0 Å². The highest BCUT2D eigenvalue weighted by atomic mass is 35.5. The fourth-order valence-corrected chi connectivity index (χ4v) is 5.14. The number of halogens is 1. The van der Waals surface area contributed by atoms with Gasteiger partial charge in [-0.2, -0.15) is 0 Å². The van der Waals surface area contributed by atoms with Crippen LogP contribution in [0.4, 0.5) is 0 Å². The van der Waals surface area contributed by atoms with Crippen molar-refractivity contribution < 1.29 is 0 Å². The summed E-state index contributed by atoms with van der Waals surface area (Å²) in [4.78, 5) is 17.4. The molecule has 0 radical (unpaired) electrons. The smallest absolute Gasteiger partial charge is 0.0687 e. The van der Waals surface area contributed by atoms with Crippen LogP contribution in [0.5, 0.6) is 0 Å². The van der Waals surface area contributed by atoms with Crippen molar-refractivity contribution in [3.8, 4) is 0 Å². The molecule has 2 aliphatic heterocycles. The van der Waals surface area contributed by atoms with E-state index in [-0.39, 0.29) is 0 Å². The van der Waals surface area contributed by atoms with E-state index >= 15 is 0 Å². The second-order valence-corrected chi connectivity index (χ2v) is 10.5. The molecule has 194 valence electrons. The molecule has 0 amide bonds. The Morgan fingerprint density at radius 3 is 2.27 bits per heavy atom. The van der Waals surface area contributed by atoms with Crippen LogP contribution in [0.1, 0.15) is 90.6 Å². The predicted molar refractivity (Wildman–Crippen MR) is 161 cm³/mol. The number of fused-ring (bicyclic) bond motifs is 8. The van der Waals surface area contributed by atoms with Gasteiger partial charge < -0.3 is 9.97 Å². The predicted octanol–water partition coefficient (Wildman–Crippen LogP) is 8.99. The minimum Gasteiger partial charge on any atom is -0.355 e. The molecule has 0 fully saturated rings. The molecule has 0 spiro atoms. The van der Waals surface area contributed by atoms with E-state index in [1.807, 2.05) is 13.0 Å². The molecular formula is C32H39ClN4. The number of nitrogens with zero attached hydrogens (tertiary/aromatic N) is 2. The van der Waals surface area contributed by atoms with Gasteiger partial charge in [0, 0.05) is 50.8 Å².